The zero-order chi connectivity index (χ0) is 16.5. The van der Waals surface area contributed by atoms with Gasteiger partial charge in [0, 0.05) is 18.5 Å². The predicted octanol–water partition coefficient (Wildman–Crippen LogP) is 2.62. The summed E-state index contributed by atoms with van der Waals surface area (Å²) in [6.07, 6.45) is 1.19. The summed E-state index contributed by atoms with van der Waals surface area (Å²) in [4.78, 5) is 12.0. The van der Waals surface area contributed by atoms with E-state index in [1.54, 1.807) is 0 Å². The van der Waals surface area contributed by atoms with E-state index < -0.39 is 0 Å². The molecular weight excluding hydrogens is 290 g/mol. The van der Waals surface area contributed by atoms with Crippen LogP contribution in [0.4, 0.5) is 0 Å². The normalized spacial score (nSPS) is 10.3. The lowest BCUT2D eigenvalue weighted by Gasteiger charge is -2.11. The van der Waals surface area contributed by atoms with Crippen molar-refractivity contribution >= 4 is 5.91 Å². The maximum absolute atomic E-state index is 12.0. The van der Waals surface area contributed by atoms with Crippen molar-refractivity contribution in [3.05, 3.63) is 65.2 Å². The van der Waals surface area contributed by atoms with E-state index in [2.05, 4.69) is 29.6 Å². The van der Waals surface area contributed by atoms with Crippen LogP contribution in [0.5, 0.6) is 5.75 Å². The van der Waals surface area contributed by atoms with Gasteiger partial charge >= 0.3 is 0 Å². The van der Waals surface area contributed by atoms with Crippen molar-refractivity contribution in [2.45, 2.75) is 26.3 Å². The van der Waals surface area contributed by atoms with Crippen LogP contribution in [-0.2, 0) is 17.8 Å². The zero-order valence-corrected chi connectivity index (χ0v) is 13.4. The number of carbonyl (C=O) groups excluding carboxylic acids is 1. The molecule has 0 aliphatic carbocycles. The largest absolute Gasteiger partial charge is 0.491 e. The van der Waals surface area contributed by atoms with Gasteiger partial charge in [0.15, 0.2) is 0 Å². The minimum absolute atomic E-state index is 0.0162. The lowest BCUT2D eigenvalue weighted by molar-refractivity contribution is -0.121. The number of rotatable bonds is 8. The molecule has 0 aliphatic heterocycles. The molecule has 0 spiro atoms. The van der Waals surface area contributed by atoms with Gasteiger partial charge in [-0.3, -0.25) is 4.79 Å². The third-order valence-corrected chi connectivity index (χ3v) is 3.56. The molecule has 4 nitrogen and oxygen atoms in total. The van der Waals surface area contributed by atoms with Gasteiger partial charge in [0.05, 0.1) is 6.61 Å². The highest BCUT2D eigenvalue weighted by Gasteiger charge is 2.06. The summed E-state index contributed by atoms with van der Waals surface area (Å²) in [5.41, 5.74) is 3.29. The van der Waals surface area contributed by atoms with Crippen molar-refractivity contribution in [3.8, 4) is 5.75 Å². The summed E-state index contributed by atoms with van der Waals surface area (Å²) in [6.45, 7) is 2.69. The average Bonchev–Trinajstić information content (AvgIpc) is 2.58. The van der Waals surface area contributed by atoms with Gasteiger partial charge in [-0.15, -0.1) is 0 Å². The molecule has 0 radical (unpaired) electrons. The molecule has 2 aromatic carbocycles. The molecule has 0 aliphatic rings. The number of benzene rings is 2. The van der Waals surface area contributed by atoms with Gasteiger partial charge in [-0.1, -0.05) is 48.0 Å². The summed E-state index contributed by atoms with van der Waals surface area (Å²) in [7, 11) is 0. The molecule has 0 saturated heterocycles. The van der Waals surface area contributed by atoms with E-state index in [1.807, 2.05) is 31.2 Å². The molecule has 2 aromatic rings. The summed E-state index contributed by atoms with van der Waals surface area (Å²) in [5, 5.41) is 11.8. The van der Waals surface area contributed by atoms with Crippen molar-refractivity contribution in [3.63, 3.8) is 0 Å². The number of hydrogen-bond acceptors (Lipinski definition) is 3. The second-order valence-corrected chi connectivity index (χ2v) is 5.44. The smallest absolute Gasteiger partial charge is 0.220 e. The topological polar surface area (TPSA) is 58.6 Å². The molecule has 2 rings (SSSR count). The highest BCUT2D eigenvalue weighted by molar-refractivity contribution is 5.76. The molecule has 0 unspecified atom stereocenters. The molecule has 0 aromatic heterocycles. The number of aliphatic hydroxyl groups is 1. The van der Waals surface area contributed by atoms with Crippen molar-refractivity contribution in [1.82, 2.24) is 5.32 Å². The number of aliphatic hydroxyl groups excluding tert-OH is 1. The fourth-order valence-corrected chi connectivity index (χ4v) is 2.24. The van der Waals surface area contributed by atoms with E-state index in [1.165, 1.54) is 5.56 Å². The van der Waals surface area contributed by atoms with Crippen LogP contribution in [0.3, 0.4) is 0 Å². The van der Waals surface area contributed by atoms with Crippen LogP contribution in [0, 0.1) is 6.92 Å². The third-order valence-electron chi connectivity index (χ3n) is 3.56. The first-order valence-electron chi connectivity index (χ1n) is 7.83. The Labute approximate surface area is 137 Å². The highest BCUT2D eigenvalue weighted by Crippen LogP contribution is 2.17. The molecule has 0 heterocycles. The van der Waals surface area contributed by atoms with E-state index in [0.717, 1.165) is 17.5 Å². The monoisotopic (exact) mass is 313 g/mol. The van der Waals surface area contributed by atoms with Gasteiger partial charge in [0.25, 0.3) is 0 Å². The van der Waals surface area contributed by atoms with E-state index >= 15 is 0 Å². The van der Waals surface area contributed by atoms with Crippen LogP contribution in [0.1, 0.15) is 23.1 Å². The minimum atomic E-state index is -0.0305. The first-order chi connectivity index (χ1) is 11.2. The Kier molecular flexibility index (Phi) is 6.63. The second-order valence-electron chi connectivity index (χ2n) is 5.44. The zero-order valence-electron chi connectivity index (χ0n) is 13.4. The Bertz CT molecular complexity index is 623. The molecule has 2 N–H and O–H groups in total. The number of carbonyl (C=O) groups is 1. The Morgan fingerprint density at radius 1 is 1.13 bits per heavy atom. The Balaban J connectivity index is 1.81. The SMILES string of the molecule is Cc1ccc(CCC(=O)NCc2ccccc2OCCO)cc1. The summed E-state index contributed by atoms with van der Waals surface area (Å²) in [5.74, 6) is 0.711. The number of nitrogens with one attached hydrogen (secondary N) is 1. The Hall–Kier alpha value is -2.33. The summed E-state index contributed by atoms with van der Waals surface area (Å²) in [6, 6.07) is 15.7. The molecule has 23 heavy (non-hydrogen) atoms. The molecular formula is C19H23NO3. The third kappa shape index (κ3) is 5.75. The maximum atomic E-state index is 12.0. The molecule has 1 amide bonds. The average molecular weight is 313 g/mol. The molecule has 0 saturated carbocycles. The number of hydrogen-bond donors (Lipinski definition) is 2. The van der Waals surface area contributed by atoms with E-state index in [4.69, 9.17) is 9.84 Å². The summed E-state index contributed by atoms with van der Waals surface area (Å²) >= 11 is 0. The molecule has 0 bridgehead atoms. The van der Waals surface area contributed by atoms with Gasteiger partial charge in [-0.25, -0.2) is 0 Å². The predicted molar refractivity (Wildman–Crippen MR) is 90.4 cm³/mol. The lowest BCUT2D eigenvalue weighted by Crippen LogP contribution is -2.23. The Morgan fingerprint density at radius 2 is 1.87 bits per heavy atom. The number of ether oxygens (including phenoxy) is 1. The fraction of sp³-hybridized carbons (Fsp3) is 0.316. The first kappa shape index (κ1) is 17.0. The standard InChI is InChI=1S/C19H23NO3/c1-15-6-8-16(9-7-15)10-11-19(22)20-14-17-4-2-3-5-18(17)23-13-12-21/h2-9,21H,10-14H2,1H3,(H,20,22). The summed E-state index contributed by atoms with van der Waals surface area (Å²) < 4.78 is 5.46. The minimum Gasteiger partial charge on any atom is -0.491 e. The van der Waals surface area contributed by atoms with Crippen LogP contribution >= 0.6 is 0 Å². The van der Waals surface area contributed by atoms with Gasteiger partial charge in [-0.2, -0.15) is 0 Å². The highest BCUT2D eigenvalue weighted by atomic mass is 16.5. The quantitative estimate of drug-likeness (QED) is 0.787. The van der Waals surface area contributed by atoms with Gasteiger partial charge in [-0.05, 0) is 25.0 Å². The maximum Gasteiger partial charge on any atom is 0.220 e. The van der Waals surface area contributed by atoms with E-state index in [0.29, 0.717) is 18.7 Å². The van der Waals surface area contributed by atoms with Crippen molar-refractivity contribution in [2.75, 3.05) is 13.2 Å². The van der Waals surface area contributed by atoms with Gasteiger partial charge in [0.2, 0.25) is 5.91 Å². The Morgan fingerprint density at radius 3 is 2.61 bits per heavy atom. The molecule has 0 fully saturated rings. The van der Waals surface area contributed by atoms with Crippen LogP contribution in [0.25, 0.3) is 0 Å². The number of para-hydroxylation sites is 1. The number of aryl methyl sites for hydroxylation is 2. The fourth-order valence-electron chi connectivity index (χ4n) is 2.24. The van der Waals surface area contributed by atoms with E-state index in [-0.39, 0.29) is 19.1 Å². The van der Waals surface area contributed by atoms with Crippen LogP contribution < -0.4 is 10.1 Å². The van der Waals surface area contributed by atoms with E-state index in [9.17, 15) is 4.79 Å². The first-order valence-corrected chi connectivity index (χ1v) is 7.83. The number of amides is 1. The van der Waals surface area contributed by atoms with Crippen LogP contribution in [-0.4, -0.2) is 24.2 Å². The lowest BCUT2D eigenvalue weighted by atomic mass is 10.1. The molecule has 122 valence electrons. The second kappa shape index (κ2) is 8.96. The van der Waals surface area contributed by atoms with Crippen molar-refractivity contribution < 1.29 is 14.6 Å². The van der Waals surface area contributed by atoms with Crippen LogP contribution in [0.2, 0.25) is 0 Å². The van der Waals surface area contributed by atoms with Crippen molar-refractivity contribution in [1.29, 1.82) is 0 Å². The molecule has 0 atom stereocenters. The van der Waals surface area contributed by atoms with Crippen LogP contribution in [0.15, 0.2) is 48.5 Å². The van der Waals surface area contributed by atoms with Gasteiger partial charge in [0.1, 0.15) is 12.4 Å². The molecule has 4 heteroatoms. The van der Waals surface area contributed by atoms with Gasteiger partial charge < -0.3 is 15.2 Å². The van der Waals surface area contributed by atoms with Crippen molar-refractivity contribution in [2.24, 2.45) is 0 Å².